The van der Waals surface area contributed by atoms with Crippen LogP contribution in [-0.4, -0.2) is 163 Å². The molecule has 1 aliphatic carbocycles. The number of fused-ring (bicyclic) bond motifs is 3. The maximum Gasteiger partial charge on any atom is 0.409 e. The van der Waals surface area contributed by atoms with E-state index in [0.29, 0.717) is 139 Å². The van der Waals surface area contributed by atoms with Crippen LogP contribution >= 0.6 is 0 Å². The van der Waals surface area contributed by atoms with E-state index >= 15 is 0 Å². The molecule has 312 valence electrons. The summed E-state index contributed by atoms with van der Waals surface area (Å²) in [4.78, 5) is 14.1. The van der Waals surface area contributed by atoms with Gasteiger partial charge in [-0.1, -0.05) is 74.7 Å². The zero-order valence-electron chi connectivity index (χ0n) is 33.4. The Morgan fingerprint density at radius 3 is 1.20 bits per heavy atom. The van der Waals surface area contributed by atoms with Gasteiger partial charge in [-0.15, -0.1) is 0 Å². The monoisotopic (exact) mass is 777 g/mol. The number of hydrogen-bond donors (Lipinski definition) is 0. The van der Waals surface area contributed by atoms with Crippen LogP contribution in [0.1, 0.15) is 49.7 Å². The molecule has 2 aromatic rings. The summed E-state index contributed by atoms with van der Waals surface area (Å²) in [6, 6.07) is 16.6. The van der Waals surface area contributed by atoms with Crippen molar-refractivity contribution in [3.63, 3.8) is 0 Å². The molecule has 0 N–H and O–H groups in total. The van der Waals surface area contributed by atoms with Crippen LogP contribution in [-0.2, 0) is 52.1 Å². The predicted octanol–water partition coefficient (Wildman–Crippen LogP) is 5.61. The van der Waals surface area contributed by atoms with E-state index in [2.05, 4.69) is 31.2 Å². The number of amides is 1. The van der Waals surface area contributed by atoms with Gasteiger partial charge in [0, 0.05) is 26.1 Å². The lowest BCUT2D eigenvalue weighted by Crippen LogP contribution is -2.32. The number of ether oxygens (including phenoxy) is 11. The standard InChI is InChI=1S/C42H67NO12/c1-3-4-5-10-16-45-18-20-47-22-24-49-26-28-51-30-32-53-34-35-54-33-31-52-29-27-50-25-23-48-21-19-46-17-15-43(2)42(44)55-36-41-39-13-8-6-11-37(39)38-12-7-9-14-40(38)41/h6-9,11-14,41H,3-5,10,15-36H2,1-2H3. The molecule has 0 spiro atoms. The summed E-state index contributed by atoms with van der Waals surface area (Å²) in [7, 11) is 1.72. The zero-order chi connectivity index (χ0) is 38.9. The second-order valence-electron chi connectivity index (χ2n) is 12.9. The molecule has 0 radical (unpaired) electrons. The van der Waals surface area contributed by atoms with Crippen molar-refractivity contribution in [1.82, 2.24) is 4.90 Å². The normalized spacial score (nSPS) is 12.3. The van der Waals surface area contributed by atoms with E-state index in [9.17, 15) is 4.79 Å². The molecule has 1 aliphatic rings. The Bertz CT molecular complexity index is 1180. The topological polar surface area (TPSA) is 122 Å². The molecule has 0 atom stereocenters. The van der Waals surface area contributed by atoms with Crippen LogP contribution in [0.25, 0.3) is 11.1 Å². The molecule has 0 saturated heterocycles. The summed E-state index contributed by atoms with van der Waals surface area (Å²) in [5.41, 5.74) is 4.80. The van der Waals surface area contributed by atoms with Crippen molar-refractivity contribution in [2.24, 2.45) is 0 Å². The first kappa shape index (κ1) is 46.7. The fourth-order valence-electron chi connectivity index (χ4n) is 5.71. The number of benzene rings is 2. The van der Waals surface area contributed by atoms with Crippen molar-refractivity contribution < 1.29 is 56.9 Å². The lowest BCUT2D eigenvalue weighted by Gasteiger charge is -2.19. The number of unbranched alkanes of at least 4 members (excludes halogenated alkanes) is 3. The third-order valence-electron chi connectivity index (χ3n) is 8.71. The highest BCUT2D eigenvalue weighted by Gasteiger charge is 2.29. The molecule has 0 bridgehead atoms. The minimum absolute atomic E-state index is 0.0402. The lowest BCUT2D eigenvalue weighted by molar-refractivity contribution is -0.0266. The molecule has 0 aromatic heterocycles. The lowest BCUT2D eigenvalue weighted by atomic mass is 9.98. The molecule has 13 nitrogen and oxygen atoms in total. The van der Waals surface area contributed by atoms with Gasteiger partial charge in [-0.2, -0.15) is 0 Å². The summed E-state index contributed by atoms with van der Waals surface area (Å²) < 4.78 is 61.0. The van der Waals surface area contributed by atoms with Crippen LogP contribution in [0.5, 0.6) is 0 Å². The minimum atomic E-state index is -0.362. The van der Waals surface area contributed by atoms with Crippen LogP contribution in [0.2, 0.25) is 0 Å². The Morgan fingerprint density at radius 2 is 0.818 bits per heavy atom. The fraction of sp³-hybridized carbons (Fsp3) is 0.690. The maximum absolute atomic E-state index is 12.6. The molecule has 0 fully saturated rings. The van der Waals surface area contributed by atoms with Crippen LogP contribution in [0.4, 0.5) is 4.79 Å². The summed E-state index contributed by atoms with van der Waals surface area (Å²) in [6.45, 7) is 13.4. The molecular weight excluding hydrogens is 710 g/mol. The minimum Gasteiger partial charge on any atom is -0.448 e. The first-order valence-corrected chi connectivity index (χ1v) is 20.1. The maximum atomic E-state index is 12.6. The Kier molecular flexibility index (Phi) is 27.5. The van der Waals surface area contributed by atoms with Gasteiger partial charge in [0.25, 0.3) is 0 Å². The SMILES string of the molecule is CCCCCCOCCOCCOCCOCCOCCOCCOCCOCCOCCOCCN(C)C(=O)OCC1c2ccccc2-c2ccccc21. The Morgan fingerprint density at radius 1 is 0.473 bits per heavy atom. The van der Waals surface area contributed by atoms with Crippen LogP contribution in [0.15, 0.2) is 48.5 Å². The first-order chi connectivity index (χ1) is 27.2. The van der Waals surface area contributed by atoms with E-state index in [1.807, 2.05) is 24.3 Å². The predicted molar refractivity (Wildman–Crippen MR) is 210 cm³/mol. The van der Waals surface area contributed by atoms with Gasteiger partial charge in [0.05, 0.1) is 126 Å². The number of rotatable bonds is 37. The van der Waals surface area contributed by atoms with E-state index in [4.69, 9.17) is 52.1 Å². The Hall–Kier alpha value is -2.69. The molecule has 13 heteroatoms. The van der Waals surface area contributed by atoms with E-state index in [-0.39, 0.29) is 12.0 Å². The molecular formula is C42H67NO12. The Labute approximate surface area is 329 Å². The molecule has 3 rings (SSSR count). The largest absolute Gasteiger partial charge is 0.448 e. The third kappa shape index (κ3) is 21.4. The van der Waals surface area contributed by atoms with Crippen molar-refractivity contribution in [2.75, 3.05) is 152 Å². The van der Waals surface area contributed by atoms with Crippen LogP contribution in [0, 0.1) is 0 Å². The second kappa shape index (κ2) is 32.4. The quantitative estimate of drug-likeness (QED) is 0.0793. The van der Waals surface area contributed by atoms with Crippen LogP contribution in [0.3, 0.4) is 0 Å². The number of carbonyl (C=O) groups is 1. The zero-order valence-corrected chi connectivity index (χ0v) is 33.4. The molecule has 55 heavy (non-hydrogen) atoms. The van der Waals surface area contributed by atoms with Crippen LogP contribution < -0.4 is 0 Å². The van der Waals surface area contributed by atoms with Crippen molar-refractivity contribution in [3.05, 3.63) is 59.7 Å². The highest BCUT2D eigenvalue weighted by molar-refractivity contribution is 5.79. The van der Waals surface area contributed by atoms with Crippen molar-refractivity contribution in [2.45, 2.75) is 38.5 Å². The number of carbonyl (C=O) groups excluding carboxylic acids is 1. The fourth-order valence-corrected chi connectivity index (χ4v) is 5.71. The molecule has 1 amide bonds. The van der Waals surface area contributed by atoms with Gasteiger partial charge in [-0.25, -0.2) is 4.79 Å². The van der Waals surface area contributed by atoms with Gasteiger partial charge in [0.1, 0.15) is 6.61 Å². The van der Waals surface area contributed by atoms with Gasteiger partial charge in [0.2, 0.25) is 0 Å². The number of hydrogen-bond acceptors (Lipinski definition) is 12. The third-order valence-corrected chi connectivity index (χ3v) is 8.71. The summed E-state index contributed by atoms with van der Waals surface area (Å²) in [5.74, 6) is 0.0402. The van der Waals surface area contributed by atoms with Crippen molar-refractivity contribution in [3.8, 4) is 11.1 Å². The van der Waals surface area contributed by atoms with Gasteiger partial charge >= 0.3 is 6.09 Å². The molecule has 0 saturated carbocycles. The average Bonchev–Trinajstić information content (AvgIpc) is 3.53. The van der Waals surface area contributed by atoms with Crippen molar-refractivity contribution in [1.29, 1.82) is 0 Å². The molecule has 0 unspecified atom stereocenters. The average molecular weight is 778 g/mol. The summed E-state index contributed by atoms with van der Waals surface area (Å²) in [5, 5.41) is 0. The van der Waals surface area contributed by atoms with E-state index in [0.717, 1.165) is 13.0 Å². The highest BCUT2D eigenvalue weighted by Crippen LogP contribution is 2.44. The Balaban J connectivity index is 0.967. The van der Waals surface area contributed by atoms with Gasteiger partial charge in [-0.3, -0.25) is 0 Å². The molecule has 2 aromatic carbocycles. The van der Waals surface area contributed by atoms with Gasteiger partial charge in [-0.05, 0) is 28.7 Å². The summed E-state index contributed by atoms with van der Waals surface area (Å²) >= 11 is 0. The number of likely N-dealkylation sites (N-methyl/N-ethyl adjacent to an activating group) is 1. The highest BCUT2D eigenvalue weighted by atomic mass is 16.6. The first-order valence-electron chi connectivity index (χ1n) is 20.1. The van der Waals surface area contributed by atoms with Crippen molar-refractivity contribution >= 4 is 6.09 Å². The van der Waals surface area contributed by atoms with E-state index < -0.39 is 0 Å². The number of nitrogens with zero attached hydrogens (tertiary/aromatic N) is 1. The van der Waals surface area contributed by atoms with Gasteiger partial charge < -0.3 is 57.0 Å². The summed E-state index contributed by atoms with van der Waals surface area (Å²) in [6.07, 6.45) is 4.52. The smallest absolute Gasteiger partial charge is 0.409 e. The van der Waals surface area contributed by atoms with E-state index in [1.54, 1.807) is 7.05 Å². The van der Waals surface area contributed by atoms with Gasteiger partial charge in [0.15, 0.2) is 0 Å². The van der Waals surface area contributed by atoms with E-state index in [1.165, 1.54) is 46.4 Å². The molecule has 0 heterocycles. The second-order valence-corrected chi connectivity index (χ2v) is 12.9. The molecule has 0 aliphatic heterocycles.